The third-order valence-corrected chi connectivity index (χ3v) is 6.72. The molecule has 2 heterocycles. The van der Waals surface area contributed by atoms with Crippen LogP contribution in [0.3, 0.4) is 0 Å². The number of nitrogens with zero attached hydrogens (tertiary/aromatic N) is 2. The summed E-state index contributed by atoms with van der Waals surface area (Å²) in [7, 11) is 1.43. The number of rotatable bonds is 7. The highest BCUT2D eigenvalue weighted by Crippen LogP contribution is 2.27. The molecule has 8 nitrogen and oxygen atoms in total. The van der Waals surface area contributed by atoms with Gasteiger partial charge in [0.05, 0.1) is 24.8 Å². The minimum Gasteiger partial charge on any atom is -0.496 e. The van der Waals surface area contributed by atoms with E-state index < -0.39 is 12.1 Å². The van der Waals surface area contributed by atoms with Crippen molar-refractivity contribution >= 4 is 23.7 Å². The second-order valence-electron chi connectivity index (χ2n) is 8.91. The highest BCUT2D eigenvalue weighted by atomic mass is 16.5. The molecule has 3 amide bonds. The molecule has 0 aromatic heterocycles. The predicted octanol–water partition coefficient (Wildman–Crippen LogP) is 3.83. The van der Waals surface area contributed by atoms with E-state index in [-0.39, 0.29) is 41.6 Å². The van der Waals surface area contributed by atoms with Crippen molar-refractivity contribution in [3.8, 4) is 5.75 Å². The van der Waals surface area contributed by atoms with Crippen molar-refractivity contribution < 1.29 is 28.7 Å². The van der Waals surface area contributed by atoms with Crippen LogP contribution in [0.4, 0.5) is 0 Å². The van der Waals surface area contributed by atoms with Crippen LogP contribution in [0.2, 0.25) is 0 Å². The van der Waals surface area contributed by atoms with E-state index in [9.17, 15) is 19.2 Å². The van der Waals surface area contributed by atoms with Crippen LogP contribution < -0.4 is 4.74 Å². The molecule has 0 N–H and O–H groups in total. The maximum absolute atomic E-state index is 13.0. The summed E-state index contributed by atoms with van der Waals surface area (Å²) in [6.07, 6.45) is 2.90. The number of piperidine rings is 1. The number of hydrogen-bond donors (Lipinski definition) is 0. The van der Waals surface area contributed by atoms with E-state index in [1.165, 1.54) is 13.2 Å². The average molecular weight is 479 g/mol. The lowest BCUT2D eigenvalue weighted by molar-refractivity contribution is -0.143. The number of methoxy groups -OCH3 is 1. The zero-order chi connectivity index (χ0) is 25.1. The summed E-state index contributed by atoms with van der Waals surface area (Å²) in [6, 6.07) is 11.6. The summed E-state index contributed by atoms with van der Waals surface area (Å²) in [4.78, 5) is 54.5. The standard InChI is InChI=1S/C27H30N2O6/c1-4-19-9-7-8-14-28(19)24(30)17(2)35-27(33)22-15-18(12-13-23(22)34-3)16-29-25(31)20-10-5-6-11-21(20)26(29)32/h5-6,10-13,15,17,19H,4,7-9,14,16H2,1-3H3/t17-,19+/m1/s1. The zero-order valence-corrected chi connectivity index (χ0v) is 20.3. The minimum atomic E-state index is -0.945. The largest absolute Gasteiger partial charge is 0.496 e. The molecule has 2 aliphatic rings. The van der Waals surface area contributed by atoms with Gasteiger partial charge >= 0.3 is 5.97 Å². The number of carbonyl (C=O) groups is 4. The van der Waals surface area contributed by atoms with Crippen molar-refractivity contribution in [2.75, 3.05) is 13.7 Å². The SMILES string of the molecule is CC[C@H]1CCCCN1C(=O)[C@@H](C)OC(=O)c1cc(CN2C(=O)c3ccccc3C2=O)ccc1OC. The fourth-order valence-corrected chi connectivity index (χ4v) is 4.80. The molecule has 8 heteroatoms. The summed E-state index contributed by atoms with van der Waals surface area (Å²) in [6.45, 7) is 4.30. The Kier molecular flexibility index (Phi) is 7.19. The first-order valence-electron chi connectivity index (χ1n) is 12.0. The van der Waals surface area contributed by atoms with Gasteiger partial charge in [0.1, 0.15) is 11.3 Å². The molecule has 2 aromatic rings. The maximum atomic E-state index is 13.0. The minimum absolute atomic E-state index is 0.00291. The molecule has 1 saturated heterocycles. The third kappa shape index (κ3) is 4.78. The van der Waals surface area contributed by atoms with E-state index in [0.29, 0.717) is 23.2 Å². The van der Waals surface area contributed by atoms with Crippen LogP contribution >= 0.6 is 0 Å². The molecule has 1 fully saturated rings. The number of ether oxygens (including phenoxy) is 2. The van der Waals surface area contributed by atoms with Crippen LogP contribution in [0.25, 0.3) is 0 Å². The highest BCUT2D eigenvalue weighted by Gasteiger charge is 2.35. The first-order chi connectivity index (χ1) is 16.8. The van der Waals surface area contributed by atoms with Gasteiger partial charge in [0, 0.05) is 12.6 Å². The second kappa shape index (κ2) is 10.3. The van der Waals surface area contributed by atoms with Gasteiger partial charge in [-0.15, -0.1) is 0 Å². The Hall–Kier alpha value is -3.68. The topological polar surface area (TPSA) is 93.2 Å². The van der Waals surface area contributed by atoms with Gasteiger partial charge in [-0.05, 0) is 62.4 Å². The molecule has 0 saturated carbocycles. The van der Waals surface area contributed by atoms with Crippen molar-refractivity contribution in [3.05, 3.63) is 64.7 Å². The molecule has 4 rings (SSSR count). The van der Waals surface area contributed by atoms with Crippen molar-refractivity contribution in [1.29, 1.82) is 0 Å². The van der Waals surface area contributed by atoms with E-state index in [4.69, 9.17) is 9.47 Å². The summed E-state index contributed by atoms with van der Waals surface area (Å²) in [5.74, 6) is -1.37. The molecule has 0 aliphatic carbocycles. The van der Waals surface area contributed by atoms with Gasteiger partial charge in [-0.25, -0.2) is 4.79 Å². The molecule has 2 atom stereocenters. The van der Waals surface area contributed by atoms with Crippen LogP contribution in [-0.2, 0) is 16.1 Å². The van der Waals surface area contributed by atoms with Crippen molar-refractivity contribution in [3.63, 3.8) is 0 Å². The molecular weight excluding hydrogens is 448 g/mol. The predicted molar refractivity (Wildman–Crippen MR) is 128 cm³/mol. The van der Waals surface area contributed by atoms with Gasteiger partial charge in [-0.1, -0.05) is 25.1 Å². The summed E-state index contributed by atoms with van der Waals surface area (Å²) in [5, 5.41) is 0. The molecule has 35 heavy (non-hydrogen) atoms. The third-order valence-electron chi connectivity index (χ3n) is 6.72. The fraction of sp³-hybridized carbons (Fsp3) is 0.407. The molecule has 0 unspecified atom stereocenters. The first kappa shape index (κ1) is 24.4. The van der Waals surface area contributed by atoms with Gasteiger partial charge in [-0.3, -0.25) is 19.3 Å². The number of fused-ring (bicyclic) bond motifs is 1. The van der Waals surface area contributed by atoms with Gasteiger partial charge in [0.15, 0.2) is 6.10 Å². The van der Waals surface area contributed by atoms with Crippen LogP contribution in [0.5, 0.6) is 5.75 Å². The number of esters is 1. The Morgan fingerprint density at radius 3 is 2.37 bits per heavy atom. The van der Waals surface area contributed by atoms with E-state index >= 15 is 0 Å². The van der Waals surface area contributed by atoms with Crippen LogP contribution in [0.15, 0.2) is 42.5 Å². The number of benzene rings is 2. The molecule has 184 valence electrons. The number of imide groups is 1. The lowest BCUT2D eigenvalue weighted by Gasteiger charge is -2.36. The van der Waals surface area contributed by atoms with E-state index in [2.05, 4.69) is 6.92 Å². The van der Waals surface area contributed by atoms with E-state index in [1.54, 1.807) is 43.3 Å². The molecule has 0 radical (unpaired) electrons. The van der Waals surface area contributed by atoms with Gasteiger partial charge in [0.25, 0.3) is 17.7 Å². The Morgan fingerprint density at radius 2 is 1.74 bits per heavy atom. The van der Waals surface area contributed by atoms with E-state index in [1.807, 2.05) is 4.90 Å². The molecule has 0 spiro atoms. The van der Waals surface area contributed by atoms with Gasteiger partial charge in [-0.2, -0.15) is 0 Å². The average Bonchev–Trinajstić information content (AvgIpc) is 3.13. The number of amides is 3. The summed E-state index contributed by atoms with van der Waals surface area (Å²) >= 11 is 0. The van der Waals surface area contributed by atoms with Crippen molar-refractivity contribution in [1.82, 2.24) is 9.80 Å². The monoisotopic (exact) mass is 478 g/mol. The summed E-state index contributed by atoms with van der Waals surface area (Å²) in [5.41, 5.74) is 1.42. The Bertz CT molecular complexity index is 1130. The zero-order valence-electron chi connectivity index (χ0n) is 20.3. The Labute approximate surface area is 204 Å². The number of carbonyl (C=O) groups excluding carboxylic acids is 4. The lowest BCUT2D eigenvalue weighted by Crippen LogP contribution is -2.48. The molecule has 0 bridgehead atoms. The van der Waals surface area contributed by atoms with Crippen molar-refractivity contribution in [2.24, 2.45) is 0 Å². The fourth-order valence-electron chi connectivity index (χ4n) is 4.80. The highest BCUT2D eigenvalue weighted by molar-refractivity contribution is 6.21. The quantitative estimate of drug-likeness (QED) is 0.444. The molecule has 2 aromatic carbocycles. The Balaban J connectivity index is 1.50. The normalized spacial score (nSPS) is 18.3. The van der Waals surface area contributed by atoms with Crippen LogP contribution in [0.1, 0.15) is 76.2 Å². The maximum Gasteiger partial charge on any atom is 0.342 e. The van der Waals surface area contributed by atoms with E-state index in [0.717, 1.165) is 30.6 Å². The number of hydrogen-bond acceptors (Lipinski definition) is 6. The smallest absolute Gasteiger partial charge is 0.342 e. The van der Waals surface area contributed by atoms with Crippen molar-refractivity contribution in [2.45, 2.75) is 58.2 Å². The van der Waals surface area contributed by atoms with Gasteiger partial charge < -0.3 is 14.4 Å². The van der Waals surface area contributed by atoms with Crippen LogP contribution in [0, 0.1) is 0 Å². The second-order valence-corrected chi connectivity index (χ2v) is 8.91. The molecular formula is C27H30N2O6. The lowest BCUT2D eigenvalue weighted by atomic mass is 9.99. The Morgan fingerprint density at radius 1 is 1.06 bits per heavy atom. The number of likely N-dealkylation sites (tertiary alicyclic amines) is 1. The van der Waals surface area contributed by atoms with Crippen LogP contribution in [-0.4, -0.2) is 59.3 Å². The van der Waals surface area contributed by atoms with Gasteiger partial charge in [0.2, 0.25) is 0 Å². The molecule has 2 aliphatic heterocycles. The first-order valence-corrected chi connectivity index (χ1v) is 12.0. The summed E-state index contributed by atoms with van der Waals surface area (Å²) < 4.78 is 10.9.